The third-order valence-electron chi connectivity index (χ3n) is 5.10. The lowest BCUT2D eigenvalue weighted by Gasteiger charge is -2.49. The van der Waals surface area contributed by atoms with Crippen molar-refractivity contribution in [2.75, 3.05) is 32.7 Å². The van der Waals surface area contributed by atoms with Crippen molar-refractivity contribution in [3.63, 3.8) is 0 Å². The highest BCUT2D eigenvalue weighted by Crippen LogP contribution is 2.22. The van der Waals surface area contributed by atoms with Crippen LogP contribution in [-0.2, 0) is 6.42 Å². The molecule has 3 heteroatoms. The average Bonchev–Trinajstić information content (AvgIpc) is 2.43. The van der Waals surface area contributed by atoms with Crippen LogP contribution in [0.3, 0.4) is 0 Å². The molecular weight excluding hydrogens is 246 g/mol. The molecule has 2 N–H and O–H groups in total. The maximum absolute atomic E-state index is 6.57. The van der Waals surface area contributed by atoms with Crippen LogP contribution in [0.25, 0.3) is 0 Å². The minimum Gasteiger partial charge on any atom is -0.326 e. The first-order valence-corrected chi connectivity index (χ1v) is 7.83. The topological polar surface area (TPSA) is 32.5 Å². The second-order valence-electron chi connectivity index (χ2n) is 6.65. The van der Waals surface area contributed by atoms with Crippen LogP contribution in [0.2, 0.25) is 0 Å². The summed E-state index contributed by atoms with van der Waals surface area (Å²) < 4.78 is 0. The van der Waals surface area contributed by atoms with Gasteiger partial charge in [-0.2, -0.15) is 0 Å². The van der Waals surface area contributed by atoms with E-state index in [0.717, 1.165) is 13.0 Å². The summed E-state index contributed by atoms with van der Waals surface area (Å²) in [5.41, 5.74) is 12.2. The van der Waals surface area contributed by atoms with E-state index in [1.165, 1.54) is 48.4 Å². The molecule has 4 rings (SSSR count). The molecule has 0 saturated carbocycles. The van der Waals surface area contributed by atoms with Gasteiger partial charge in [0, 0.05) is 44.8 Å². The lowest BCUT2D eigenvalue weighted by molar-refractivity contribution is 0.00255. The second kappa shape index (κ2) is 5.47. The molecule has 0 radical (unpaired) electrons. The zero-order valence-corrected chi connectivity index (χ0v) is 13.0. The summed E-state index contributed by atoms with van der Waals surface area (Å²) in [4.78, 5) is 5.17. The van der Waals surface area contributed by atoms with Crippen LogP contribution < -0.4 is 5.73 Å². The van der Waals surface area contributed by atoms with Crippen LogP contribution in [0, 0.1) is 20.8 Å². The van der Waals surface area contributed by atoms with E-state index in [4.69, 9.17) is 5.73 Å². The molecule has 3 aliphatic heterocycles. The Morgan fingerprint density at radius 2 is 1.70 bits per heavy atom. The van der Waals surface area contributed by atoms with Crippen LogP contribution in [0.4, 0.5) is 0 Å². The van der Waals surface area contributed by atoms with Crippen LogP contribution in [0.1, 0.15) is 22.3 Å². The zero-order valence-electron chi connectivity index (χ0n) is 13.0. The Bertz CT molecular complexity index is 466. The quantitative estimate of drug-likeness (QED) is 0.905. The number of fused-ring (bicyclic) bond motifs is 3. The summed E-state index contributed by atoms with van der Waals surface area (Å²) in [5.74, 6) is 0. The first-order valence-electron chi connectivity index (χ1n) is 7.83. The van der Waals surface area contributed by atoms with Crippen molar-refractivity contribution in [1.82, 2.24) is 9.80 Å². The van der Waals surface area contributed by atoms with E-state index in [-0.39, 0.29) is 6.04 Å². The van der Waals surface area contributed by atoms with E-state index in [9.17, 15) is 0 Å². The van der Waals surface area contributed by atoms with Gasteiger partial charge in [-0.05, 0) is 43.9 Å². The van der Waals surface area contributed by atoms with Gasteiger partial charge in [-0.1, -0.05) is 17.7 Å². The van der Waals surface area contributed by atoms with Crippen LogP contribution in [-0.4, -0.2) is 54.6 Å². The number of nitrogens with two attached hydrogens (primary N) is 1. The first kappa shape index (κ1) is 14.1. The molecule has 3 heterocycles. The fraction of sp³-hybridized carbons (Fsp3) is 0.647. The number of benzene rings is 1. The third kappa shape index (κ3) is 2.62. The number of nitrogens with zero attached hydrogens (tertiary/aromatic N) is 2. The van der Waals surface area contributed by atoms with Crippen LogP contribution in [0.5, 0.6) is 0 Å². The van der Waals surface area contributed by atoms with Crippen molar-refractivity contribution in [1.29, 1.82) is 0 Å². The number of piperazine rings is 3. The van der Waals surface area contributed by atoms with E-state index in [0.29, 0.717) is 6.04 Å². The SMILES string of the molecule is Cc1cc(C)c(CC(N)C2CN3CCN2CC3)c(C)c1. The van der Waals surface area contributed by atoms with Gasteiger partial charge in [-0.15, -0.1) is 0 Å². The van der Waals surface area contributed by atoms with E-state index in [1.807, 2.05) is 0 Å². The first-order chi connectivity index (χ1) is 9.54. The highest BCUT2D eigenvalue weighted by molar-refractivity contribution is 5.38. The Labute approximate surface area is 122 Å². The standard InChI is InChI=1S/C17H27N3/c1-12-8-13(2)15(14(3)9-12)10-16(18)17-11-19-4-6-20(17)7-5-19/h8-9,16-17H,4-7,10-11,18H2,1-3H3. The van der Waals surface area contributed by atoms with Gasteiger partial charge in [-0.25, -0.2) is 0 Å². The van der Waals surface area contributed by atoms with E-state index in [1.54, 1.807) is 0 Å². The Morgan fingerprint density at radius 3 is 2.20 bits per heavy atom. The molecule has 0 spiro atoms. The van der Waals surface area contributed by atoms with Crippen molar-refractivity contribution in [3.05, 3.63) is 34.4 Å². The van der Waals surface area contributed by atoms with Gasteiger partial charge in [0.25, 0.3) is 0 Å². The zero-order chi connectivity index (χ0) is 14.3. The molecule has 110 valence electrons. The van der Waals surface area contributed by atoms with Gasteiger partial charge in [0.15, 0.2) is 0 Å². The van der Waals surface area contributed by atoms with E-state index >= 15 is 0 Å². The van der Waals surface area contributed by atoms with Gasteiger partial charge in [0.05, 0.1) is 0 Å². The molecule has 3 aliphatic rings. The highest BCUT2D eigenvalue weighted by Gasteiger charge is 2.35. The fourth-order valence-corrected chi connectivity index (χ4v) is 3.97. The molecule has 1 aromatic rings. The molecular formula is C17H27N3. The van der Waals surface area contributed by atoms with E-state index < -0.39 is 0 Å². The average molecular weight is 273 g/mol. The van der Waals surface area contributed by atoms with Crippen LogP contribution in [0.15, 0.2) is 12.1 Å². The third-order valence-corrected chi connectivity index (χ3v) is 5.10. The molecule has 2 bridgehead atoms. The fourth-order valence-electron chi connectivity index (χ4n) is 3.97. The molecule has 3 nitrogen and oxygen atoms in total. The molecule has 0 amide bonds. The Hall–Kier alpha value is -0.900. The van der Waals surface area contributed by atoms with Crippen molar-refractivity contribution < 1.29 is 0 Å². The molecule has 2 unspecified atom stereocenters. The molecule has 3 fully saturated rings. The van der Waals surface area contributed by atoms with Gasteiger partial charge < -0.3 is 5.73 Å². The van der Waals surface area contributed by atoms with E-state index in [2.05, 4.69) is 42.7 Å². The number of hydrogen-bond donors (Lipinski definition) is 1. The van der Waals surface area contributed by atoms with Crippen molar-refractivity contribution in [2.24, 2.45) is 5.73 Å². The van der Waals surface area contributed by atoms with Crippen molar-refractivity contribution in [3.8, 4) is 0 Å². The smallest absolute Gasteiger partial charge is 0.0378 e. The Balaban J connectivity index is 1.75. The van der Waals surface area contributed by atoms with Gasteiger partial charge in [0.2, 0.25) is 0 Å². The minimum atomic E-state index is 0.248. The minimum absolute atomic E-state index is 0.248. The Kier molecular flexibility index (Phi) is 3.85. The lowest BCUT2D eigenvalue weighted by Crippen LogP contribution is -2.66. The number of hydrogen-bond acceptors (Lipinski definition) is 3. The van der Waals surface area contributed by atoms with Crippen LogP contribution >= 0.6 is 0 Å². The van der Waals surface area contributed by atoms with Gasteiger partial charge in [0.1, 0.15) is 0 Å². The summed E-state index contributed by atoms with van der Waals surface area (Å²) in [6.07, 6.45) is 1.01. The molecule has 0 aliphatic carbocycles. The van der Waals surface area contributed by atoms with Gasteiger partial charge >= 0.3 is 0 Å². The maximum atomic E-state index is 6.57. The summed E-state index contributed by atoms with van der Waals surface area (Å²) >= 11 is 0. The van der Waals surface area contributed by atoms with Gasteiger partial charge in [-0.3, -0.25) is 9.80 Å². The largest absolute Gasteiger partial charge is 0.326 e. The summed E-state index contributed by atoms with van der Waals surface area (Å²) in [6.45, 7) is 12.6. The summed E-state index contributed by atoms with van der Waals surface area (Å²) in [5, 5.41) is 0. The van der Waals surface area contributed by atoms with Crippen molar-refractivity contribution >= 4 is 0 Å². The molecule has 1 aromatic carbocycles. The number of rotatable bonds is 3. The molecule has 3 saturated heterocycles. The second-order valence-corrected chi connectivity index (χ2v) is 6.65. The monoisotopic (exact) mass is 273 g/mol. The summed E-state index contributed by atoms with van der Waals surface area (Å²) in [6, 6.07) is 5.35. The lowest BCUT2D eigenvalue weighted by atomic mass is 9.90. The normalized spacial score (nSPS) is 30.5. The van der Waals surface area contributed by atoms with Crippen molar-refractivity contribution in [2.45, 2.75) is 39.3 Å². The predicted octanol–water partition coefficient (Wildman–Crippen LogP) is 1.48. The Morgan fingerprint density at radius 1 is 1.10 bits per heavy atom. The molecule has 20 heavy (non-hydrogen) atoms. The predicted molar refractivity (Wildman–Crippen MR) is 84.1 cm³/mol. The number of aryl methyl sites for hydroxylation is 3. The maximum Gasteiger partial charge on any atom is 0.0378 e. The molecule has 2 atom stereocenters. The highest BCUT2D eigenvalue weighted by atomic mass is 15.3. The summed E-state index contributed by atoms with van der Waals surface area (Å²) in [7, 11) is 0. The molecule has 0 aromatic heterocycles.